The Balaban J connectivity index is 0.00000484. The third-order valence-electron chi connectivity index (χ3n) is 3.19. The molecule has 0 amide bonds. The van der Waals surface area contributed by atoms with Gasteiger partial charge in [-0.2, -0.15) is 0 Å². The summed E-state index contributed by atoms with van der Waals surface area (Å²) in [7, 11) is 0. The van der Waals surface area contributed by atoms with Crippen molar-refractivity contribution in [2.45, 2.75) is 40.2 Å². The van der Waals surface area contributed by atoms with Crippen molar-refractivity contribution in [3.63, 3.8) is 0 Å². The molecule has 0 aromatic heterocycles. The third-order valence-corrected chi connectivity index (χ3v) is 3.19. The van der Waals surface area contributed by atoms with Gasteiger partial charge in [0.15, 0.2) is 5.96 Å². The maximum atomic E-state index is 11.0. The first-order valence-corrected chi connectivity index (χ1v) is 7.79. The molecule has 0 heterocycles. The number of aliphatic imine (C=N–C) groups is 1. The van der Waals surface area contributed by atoms with Gasteiger partial charge in [0.1, 0.15) is 0 Å². The highest BCUT2D eigenvalue weighted by Crippen LogP contribution is 2.18. The molecule has 2 N–H and O–H groups in total. The second-order valence-electron chi connectivity index (χ2n) is 5.54. The lowest BCUT2D eigenvalue weighted by molar-refractivity contribution is -0.385. The molecule has 0 fully saturated rings. The normalized spacial score (nSPS) is 11.0. The van der Waals surface area contributed by atoms with Crippen LogP contribution in [0.4, 0.5) is 5.69 Å². The van der Waals surface area contributed by atoms with Gasteiger partial charge in [0.2, 0.25) is 0 Å². The van der Waals surface area contributed by atoms with E-state index >= 15 is 0 Å². The Morgan fingerprint density at radius 3 is 2.61 bits per heavy atom. The number of nitro benzene ring substituents is 1. The Morgan fingerprint density at radius 1 is 1.30 bits per heavy atom. The average Bonchev–Trinajstić information content (AvgIpc) is 2.49. The van der Waals surface area contributed by atoms with E-state index in [0.717, 1.165) is 25.9 Å². The molecule has 0 aliphatic carbocycles. The number of nitrogens with zero attached hydrogens (tertiary/aromatic N) is 2. The molecule has 130 valence electrons. The molecule has 23 heavy (non-hydrogen) atoms. The zero-order valence-corrected chi connectivity index (χ0v) is 16.4. The van der Waals surface area contributed by atoms with E-state index in [9.17, 15) is 10.1 Å². The largest absolute Gasteiger partial charge is 0.357 e. The van der Waals surface area contributed by atoms with Crippen LogP contribution in [-0.2, 0) is 6.54 Å². The van der Waals surface area contributed by atoms with E-state index in [1.807, 2.05) is 6.92 Å². The summed E-state index contributed by atoms with van der Waals surface area (Å²) in [4.78, 5) is 15.1. The number of nitrogens with one attached hydrogen (secondary N) is 2. The molecule has 0 bridgehead atoms. The fourth-order valence-corrected chi connectivity index (χ4v) is 2.05. The van der Waals surface area contributed by atoms with E-state index in [1.54, 1.807) is 18.2 Å². The number of guanidine groups is 1. The lowest BCUT2D eigenvalue weighted by atomic mass is 10.1. The van der Waals surface area contributed by atoms with E-state index in [1.165, 1.54) is 6.07 Å². The van der Waals surface area contributed by atoms with Crippen molar-refractivity contribution in [1.29, 1.82) is 0 Å². The summed E-state index contributed by atoms with van der Waals surface area (Å²) in [6, 6.07) is 6.71. The first kappa shape index (κ1) is 21.6. The summed E-state index contributed by atoms with van der Waals surface area (Å²) in [5, 5.41) is 17.4. The van der Waals surface area contributed by atoms with Gasteiger partial charge in [-0.1, -0.05) is 32.0 Å². The molecule has 0 saturated carbocycles. The Bertz CT molecular complexity index is 507. The van der Waals surface area contributed by atoms with Crippen molar-refractivity contribution in [3.8, 4) is 0 Å². The SMILES string of the molecule is CCNC(=NCc1ccccc1[N+](=O)[O-])NCCCC(C)C.I. The van der Waals surface area contributed by atoms with Crippen LogP contribution in [0.5, 0.6) is 0 Å². The number of nitro groups is 1. The van der Waals surface area contributed by atoms with Crippen LogP contribution in [0.15, 0.2) is 29.3 Å². The van der Waals surface area contributed by atoms with Gasteiger partial charge in [-0.15, -0.1) is 24.0 Å². The predicted molar refractivity (Wildman–Crippen MR) is 105 cm³/mol. The standard InChI is InChI=1S/C16H26N4O2.HI/c1-4-17-16(18-11-7-8-13(2)3)19-12-14-9-5-6-10-15(14)20(21)22;/h5-6,9-10,13H,4,7-8,11-12H2,1-3H3,(H2,17,18,19);1H. The second kappa shape index (κ2) is 12.1. The number of para-hydroxylation sites is 1. The fourth-order valence-electron chi connectivity index (χ4n) is 2.05. The Kier molecular flexibility index (Phi) is 11.4. The van der Waals surface area contributed by atoms with Gasteiger partial charge in [-0.3, -0.25) is 10.1 Å². The summed E-state index contributed by atoms with van der Waals surface area (Å²) in [6.07, 6.45) is 2.24. The minimum absolute atomic E-state index is 0. The monoisotopic (exact) mass is 434 g/mol. The Morgan fingerprint density at radius 2 is 2.00 bits per heavy atom. The molecule has 6 nitrogen and oxygen atoms in total. The molecule has 0 atom stereocenters. The number of halogens is 1. The van der Waals surface area contributed by atoms with Crippen molar-refractivity contribution in [2.75, 3.05) is 13.1 Å². The van der Waals surface area contributed by atoms with Crippen molar-refractivity contribution < 1.29 is 4.92 Å². The van der Waals surface area contributed by atoms with Gasteiger partial charge in [-0.25, -0.2) is 4.99 Å². The van der Waals surface area contributed by atoms with E-state index in [4.69, 9.17) is 0 Å². The van der Waals surface area contributed by atoms with Gasteiger partial charge in [0.05, 0.1) is 17.0 Å². The van der Waals surface area contributed by atoms with Gasteiger partial charge in [0, 0.05) is 19.2 Å². The van der Waals surface area contributed by atoms with Crippen LogP contribution >= 0.6 is 24.0 Å². The van der Waals surface area contributed by atoms with Crippen LogP contribution in [0.1, 0.15) is 39.2 Å². The minimum atomic E-state index is -0.367. The molecule has 0 aliphatic heterocycles. The van der Waals surface area contributed by atoms with Crippen LogP contribution < -0.4 is 10.6 Å². The predicted octanol–water partition coefficient (Wildman–Crippen LogP) is 3.70. The molecule has 0 spiro atoms. The zero-order chi connectivity index (χ0) is 16.4. The molecular weight excluding hydrogens is 407 g/mol. The molecular formula is C16H27IN4O2. The van der Waals surface area contributed by atoms with E-state index in [-0.39, 0.29) is 41.1 Å². The summed E-state index contributed by atoms with van der Waals surface area (Å²) in [5.41, 5.74) is 0.730. The lowest BCUT2D eigenvalue weighted by Crippen LogP contribution is -2.37. The second-order valence-corrected chi connectivity index (χ2v) is 5.54. The maximum absolute atomic E-state index is 11.0. The molecule has 0 saturated heterocycles. The summed E-state index contributed by atoms with van der Waals surface area (Å²) < 4.78 is 0. The summed E-state index contributed by atoms with van der Waals surface area (Å²) in [6.45, 7) is 8.29. The molecule has 0 radical (unpaired) electrons. The van der Waals surface area contributed by atoms with Gasteiger partial charge in [0.25, 0.3) is 5.69 Å². The highest BCUT2D eigenvalue weighted by molar-refractivity contribution is 14.0. The molecule has 0 unspecified atom stereocenters. The summed E-state index contributed by atoms with van der Waals surface area (Å²) in [5.74, 6) is 1.39. The van der Waals surface area contributed by atoms with Crippen LogP contribution in [0.2, 0.25) is 0 Å². The highest BCUT2D eigenvalue weighted by Gasteiger charge is 2.11. The number of hydrogen-bond donors (Lipinski definition) is 2. The number of rotatable bonds is 8. The van der Waals surface area contributed by atoms with Crippen molar-refractivity contribution >= 4 is 35.6 Å². The van der Waals surface area contributed by atoms with Crippen LogP contribution in [-0.4, -0.2) is 24.0 Å². The fraction of sp³-hybridized carbons (Fsp3) is 0.562. The Labute approximate surface area is 155 Å². The quantitative estimate of drug-likeness (QED) is 0.163. The molecule has 1 rings (SSSR count). The molecule has 1 aromatic rings. The lowest BCUT2D eigenvalue weighted by Gasteiger charge is -2.12. The highest BCUT2D eigenvalue weighted by atomic mass is 127. The van der Waals surface area contributed by atoms with Gasteiger partial charge < -0.3 is 10.6 Å². The first-order valence-electron chi connectivity index (χ1n) is 7.79. The first-order chi connectivity index (χ1) is 10.5. The number of benzene rings is 1. The Hall–Kier alpha value is -1.38. The van der Waals surface area contributed by atoms with E-state index in [2.05, 4.69) is 29.5 Å². The maximum Gasteiger partial charge on any atom is 0.274 e. The number of hydrogen-bond acceptors (Lipinski definition) is 3. The van der Waals surface area contributed by atoms with Crippen molar-refractivity contribution in [1.82, 2.24) is 10.6 Å². The third kappa shape index (κ3) is 8.73. The van der Waals surface area contributed by atoms with Crippen molar-refractivity contribution in [3.05, 3.63) is 39.9 Å². The van der Waals surface area contributed by atoms with E-state index < -0.39 is 0 Å². The van der Waals surface area contributed by atoms with Crippen LogP contribution in [0.25, 0.3) is 0 Å². The topological polar surface area (TPSA) is 79.6 Å². The molecule has 1 aromatic carbocycles. The van der Waals surface area contributed by atoms with Gasteiger partial charge >= 0.3 is 0 Å². The van der Waals surface area contributed by atoms with Crippen molar-refractivity contribution in [2.24, 2.45) is 10.9 Å². The average molecular weight is 434 g/mol. The molecule has 0 aliphatic rings. The summed E-state index contributed by atoms with van der Waals surface area (Å²) >= 11 is 0. The van der Waals surface area contributed by atoms with E-state index in [0.29, 0.717) is 17.4 Å². The zero-order valence-electron chi connectivity index (χ0n) is 14.0. The van der Waals surface area contributed by atoms with Crippen LogP contribution in [0, 0.1) is 16.0 Å². The minimum Gasteiger partial charge on any atom is -0.357 e. The van der Waals surface area contributed by atoms with Gasteiger partial charge in [-0.05, 0) is 25.7 Å². The smallest absolute Gasteiger partial charge is 0.274 e. The molecule has 7 heteroatoms. The van der Waals surface area contributed by atoms with Crippen LogP contribution in [0.3, 0.4) is 0 Å².